The lowest BCUT2D eigenvalue weighted by Crippen LogP contribution is -2.41. The van der Waals surface area contributed by atoms with E-state index in [9.17, 15) is 0 Å². The minimum Gasteiger partial charge on any atom is -0.380 e. The van der Waals surface area contributed by atoms with Gasteiger partial charge < -0.3 is 10.1 Å². The molecule has 2 rings (SSSR count). The van der Waals surface area contributed by atoms with Crippen molar-refractivity contribution in [2.75, 3.05) is 25.5 Å². The summed E-state index contributed by atoms with van der Waals surface area (Å²) in [7, 11) is 0. The minimum absolute atomic E-state index is 0.705. The van der Waals surface area contributed by atoms with E-state index in [4.69, 9.17) is 4.74 Å². The van der Waals surface area contributed by atoms with Crippen molar-refractivity contribution in [1.29, 1.82) is 0 Å². The van der Waals surface area contributed by atoms with Crippen molar-refractivity contribution in [2.45, 2.75) is 45.1 Å². The first-order chi connectivity index (χ1) is 8.40. The van der Waals surface area contributed by atoms with E-state index in [1.54, 1.807) is 0 Å². The van der Waals surface area contributed by atoms with Crippen LogP contribution < -0.4 is 5.32 Å². The number of rotatable bonds is 6. The molecule has 98 valence electrons. The molecule has 2 unspecified atom stereocenters. The first-order valence-electron chi connectivity index (χ1n) is 6.91. The standard InChI is InChI=1S/C13H24N2OS/c1-2-3-8-16-9-7-14-13-15-12-6-4-5-11(12)10-17-13/h11-12H,2-10H2,1H3,(H,14,15). The Bertz CT molecular complexity index is 258. The summed E-state index contributed by atoms with van der Waals surface area (Å²) in [5.74, 6) is 2.15. The zero-order chi connectivity index (χ0) is 11.9. The predicted molar refractivity (Wildman–Crippen MR) is 74.8 cm³/mol. The maximum absolute atomic E-state index is 5.51. The molecule has 2 fully saturated rings. The molecule has 1 saturated heterocycles. The Morgan fingerprint density at radius 1 is 1.41 bits per heavy atom. The predicted octanol–water partition coefficient (Wildman–Crippen LogP) is 2.66. The molecule has 0 amide bonds. The van der Waals surface area contributed by atoms with E-state index in [0.717, 1.165) is 37.3 Å². The smallest absolute Gasteiger partial charge is 0.156 e. The van der Waals surface area contributed by atoms with Gasteiger partial charge in [-0.05, 0) is 25.2 Å². The molecule has 0 bridgehead atoms. The van der Waals surface area contributed by atoms with Gasteiger partial charge in [0.05, 0.1) is 13.2 Å². The van der Waals surface area contributed by atoms with Crippen molar-refractivity contribution in [3.8, 4) is 0 Å². The molecule has 1 saturated carbocycles. The lowest BCUT2D eigenvalue weighted by Gasteiger charge is -2.28. The molecule has 1 N–H and O–H groups in total. The fourth-order valence-electron chi connectivity index (χ4n) is 2.46. The maximum Gasteiger partial charge on any atom is 0.156 e. The summed E-state index contributed by atoms with van der Waals surface area (Å²) >= 11 is 1.89. The average molecular weight is 256 g/mol. The Labute approximate surface area is 109 Å². The first-order valence-corrected chi connectivity index (χ1v) is 7.90. The topological polar surface area (TPSA) is 33.6 Å². The monoisotopic (exact) mass is 256 g/mol. The molecule has 1 aliphatic heterocycles. The van der Waals surface area contributed by atoms with E-state index in [2.05, 4.69) is 17.2 Å². The highest BCUT2D eigenvalue weighted by atomic mass is 32.2. The number of fused-ring (bicyclic) bond motifs is 1. The Morgan fingerprint density at radius 2 is 2.35 bits per heavy atom. The zero-order valence-corrected chi connectivity index (χ0v) is 11.6. The largest absolute Gasteiger partial charge is 0.380 e. The summed E-state index contributed by atoms with van der Waals surface area (Å²) in [4.78, 5) is 4.58. The number of nitrogens with one attached hydrogen (secondary N) is 1. The molecule has 0 aromatic heterocycles. The Balaban J connectivity index is 1.61. The summed E-state index contributed by atoms with van der Waals surface area (Å²) in [6.45, 7) is 4.63. The molecule has 1 heterocycles. The summed E-state index contributed by atoms with van der Waals surface area (Å²) in [6, 6.07) is 0.705. The number of aliphatic imine (C=N–C) groups is 1. The normalized spacial score (nSPS) is 30.3. The number of unbranched alkanes of at least 4 members (excludes halogenated alkanes) is 1. The van der Waals surface area contributed by atoms with Crippen LogP contribution in [0.5, 0.6) is 0 Å². The molecule has 3 nitrogen and oxygen atoms in total. The molecule has 0 aromatic carbocycles. The summed E-state index contributed by atoms with van der Waals surface area (Å²) in [5.41, 5.74) is 0. The van der Waals surface area contributed by atoms with Crippen LogP contribution >= 0.6 is 11.8 Å². The molecular formula is C13H24N2OS. The summed E-state index contributed by atoms with van der Waals surface area (Å²) < 4.78 is 5.51. The van der Waals surface area contributed by atoms with Crippen LogP contribution in [-0.2, 0) is 4.74 Å². The second kappa shape index (κ2) is 7.27. The highest BCUT2D eigenvalue weighted by molar-refractivity contribution is 8.13. The van der Waals surface area contributed by atoms with Gasteiger partial charge in [0, 0.05) is 18.4 Å². The second-order valence-electron chi connectivity index (χ2n) is 4.91. The lowest BCUT2D eigenvalue weighted by molar-refractivity contribution is 0.139. The number of hydrogen-bond donors (Lipinski definition) is 1. The molecule has 1 aliphatic carbocycles. The van der Waals surface area contributed by atoms with Crippen molar-refractivity contribution >= 4 is 16.9 Å². The van der Waals surface area contributed by atoms with Crippen molar-refractivity contribution < 1.29 is 4.74 Å². The minimum atomic E-state index is 0.705. The third kappa shape index (κ3) is 4.18. The molecule has 17 heavy (non-hydrogen) atoms. The van der Waals surface area contributed by atoms with E-state index in [1.807, 2.05) is 11.8 Å². The fraction of sp³-hybridized carbons (Fsp3) is 0.923. The third-order valence-corrected chi connectivity index (χ3v) is 4.65. The van der Waals surface area contributed by atoms with Gasteiger partial charge in [0.1, 0.15) is 0 Å². The van der Waals surface area contributed by atoms with Crippen LogP contribution in [0, 0.1) is 5.92 Å². The zero-order valence-electron chi connectivity index (χ0n) is 10.8. The molecule has 0 aromatic rings. The Kier molecular flexibility index (Phi) is 5.65. The second-order valence-corrected chi connectivity index (χ2v) is 5.91. The molecule has 0 radical (unpaired) electrons. The van der Waals surface area contributed by atoms with Gasteiger partial charge in [-0.1, -0.05) is 31.5 Å². The van der Waals surface area contributed by atoms with Gasteiger partial charge in [-0.2, -0.15) is 0 Å². The van der Waals surface area contributed by atoms with Gasteiger partial charge in [-0.3, -0.25) is 4.99 Å². The van der Waals surface area contributed by atoms with E-state index in [1.165, 1.54) is 31.4 Å². The van der Waals surface area contributed by atoms with Gasteiger partial charge in [0.15, 0.2) is 5.17 Å². The van der Waals surface area contributed by atoms with Crippen LogP contribution in [-0.4, -0.2) is 36.7 Å². The van der Waals surface area contributed by atoms with Gasteiger partial charge in [-0.15, -0.1) is 0 Å². The van der Waals surface area contributed by atoms with Crippen LogP contribution in [0.15, 0.2) is 4.99 Å². The molecule has 4 heteroatoms. The number of ether oxygens (including phenoxy) is 1. The van der Waals surface area contributed by atoms with Gasteiger partial charge in [0.2, 0.25) is 0 Å². The van der Waals surface area contributed by atoms with Gasteiger partial charge in [0.25, 0.3) is 0 Å². The number of nitrogens with zero attached hydrogens (tertiary/aromatic N) is 1. The Hall–Kier alpha value is -0.220. The molecule has 2 aliphatic rings. The third-order valence-electron chi connectivity index (χ3n) is 3.54. The van der Waals surface area contributed by atoms with E-state index in [-0.39, 0.29) is 0 Å². The van der Waals surface area contributed by atoms with Crippen LogP contribution in [0.2, 0.25) is 0 Å². The number of thioether (sulfide) groups is 1. The summed E-state index contributed by atoms with van der Waals surface area (Å²) in [5, 5.41) is 4.72. The number of amidine groups is 1. The van der Waals surface area contributed by atoms with Crippen LogP contribution in [0.25, 0.3) is 0 Å². The Morgan fingerprint density at radius 3 is 3.24 bits per heavy atom. The fourth-order valence-corrected chi connectivity index (χ4v) is 3.65. The van der Waals surface area contributed by atoms with Gasteiger partial charge in [-0.25, -0.2) is 0 Å². The molecular weight excluding hydrogens is 232 g/mol. The highest BCUT2D eigenvalue weighted by Crippen LogP contribution is 2.32. The molecule has 2 atom stereocenters. The van der Waals surface area contributed by atoms with E-state index in [0.29, 0.717) is 6.04 Å². The van der Waals surface area contributed by atoms with Crippen molar-refractivity contribution in [1.82, 2.24) is 5.32 Å². The van der Waals surface area contributed by atoms with Crippen molar-refractivity contribution in [2.24, 2.45) is 10.9 Å². The quantitative estimate of drug-likeness (QED) is 0.742. The van der Waals surface area contributed by atoms with E-state index >= 15 is 0 Å². The summed E-state index contributed by atoms with van der Waals surface area (Å²) in [6.07, 6.45) is 6.48. The van der Waals surface area contributed by atoms with E-state index < -0.39 is 0 Å². The molecule has 0 spiro atoms. The SMILES string of the molecule is CCCCOCCN=C1NC2CCCC2CS1. The van der Waals surface area contributed by atoms with Crippen LogP contribution in [0.1, 0.15) is 39.0 Å². The number of hydrogen-bond acceptors (Lipinski definition) is 3. The van der Waals surface area contributed by atoms with Crippen molar-refractivity contribution in [3.05, 3.63) is 0 Å². The first kappa shape index (κ1) is 13.2. The average Bonchev–Trinajstić information content (AvgIpc) is 2.81. The van der Waals surface area contributed by atoms with Crippen molar-refractivity contribution in [3.63, 3.8) is 0 Å². The van der Waals surface area contributed by atoms with Gasteiger partial charge >= 0.3 is 0 Å². The maximum atomic E-state index is 5.51. The highest BCUT2D eigenvalue weighted by Gasteiger charge is 2.31. The van der Waals surface area contributed by atoms with Crippen LogP contribution in [0.4, 0.5) is 0 Å². The van der Waals surface area contributed by atoms with Crippen LogP contribution in [0.3, 0.4) is 0 Å². The lowest BCUT2D eigenvalue weighted by atomic mass is 10.1.